The van der Waals surface area contributed by atoms with Gasteiger partial charge in [0.15, 0.2) is 0 Å². The third kappa shape index (κ3) is 5.08. The summed E-state index contributed by atoms with van der Waals surface area (Å²) in [5.74, 6) is -4.18. The lowest BCUT2D eigenvalue weighted by atomic mass is 9.95. The SMILES string of the molecule is NC(=O)c1cc(NC(=O)C2CCN(C(=O)/C=C/c3ccccc3)CC2)c(F)cc1F. The monoisotopic (exact) mass is 413 g/mol. The van der Waals surface area contributed by atoms with E-state index in [0.29, 0.717) is 32.0 Å². The van der Waals surface area contributed by atoms with Gasteiger partial charge in [-0.25, -0.2) is 8.78 Å². The summed E-state index contributed by atoms with van der Waals surface area (Å²) in [4.78, 5) is 37.7. The lowest BCUT2D eigenvalue weighted by Crippen LogP contribution is -2.40. The van der Waals surface area contributed by atoms with E-state index in [2.05, 4.69) is 5.32 Å². The van der Waals surface area contributed by atoms with Crippen LogP contribution in [0.15, 0.2) is 48.5 Å². The van der Waals surface area contributed by atoms with Crippen molar-refractivity contribution in [2.24, 2.45) is 11.7 Å². The van der Waals surface area contributed by atoms with Crippen molar-refractivity contribution in [3.8, 4) is 0 Å². The second-order valence-electron chi connectivity index (χ2n) is 7.01. The Morgan fingerprint density at radius 3 is 2.33 bits per heavy atom. The van der Waals surface area contributed by atoms with Crippen LogP contribution in [0.5, 0.6) is 0 Å². The Morgan fingerprint density at radius 2 is 1.70 bits per heavy atom. The van der Waals surface area contributed by atoms with E-state index in [-0.39, 0.29) is 11.6 Å². The zero-order valence-corrected chi connectivity index (χ0v) is 16.1. The van der Waals surface area contributed by atoms with Crippen LogP contribution in [-0.2, 0) is 9.59 Å². The molecule has 0 radical (unpaired) electrons. The molecule has 1 heterocycles. The summed E-state index contributed by atoms with van der Waals surface area (Å²) in [6, 6.07) is 10.8. The maximum absolute atomic E-state index is 13.9. The smallest absolute Gasteiger partial charge is 0.251 e. The third-order valence-electron chi connectivity index (χ3n) is 4.98. The average molecular weight is 413 g/mol. The number of benzene rings is 2. The van der Waals surface area contributed by atoms with Crippen molar-refractivity contribution in [1.29, 1.82) is 0 Å². The molecular weight excluding hydrogens is 392 g/mol. The fourth-order valence-electron chi connectivity index (χ4n) is 3.27. The lowest BCUT2D eigenvalue weighted by molar-refractivity contribution is -0.130. The summed E-state index contributed by atoms with van der Waals surface area (Å²) >= 11 is 0. The number of nitrogens with one attached hydrogen (secondary N) is 1. The summed E-state index contributed by atoms with van der Waals surface area (Å²) in [6.45, 7) is 0.767. The molecule has 0 unspecified atom stereocenters. The molecule has 3 rings (SSSR count). The molecule has 8 heteroatoms. The lowest BCUT2D eigenvalue weighted by Gasteiger charge is -2.30. The summed E-state index contributed by atoms with van der Waals surface area (Å²) in [6.07, 6.45) is 4.04. The molecule has 1 aliphatic heterocycles. The largest absolute Gasteiger partial charge is 0.366 e. The molecule has 1 aliphatic rings. The first kappa shape index (κ1) is 21.2. The van der Waals surface area contributed by atoms with E-state index >= 15 is 0 Å². The Labute approximate surface area is 172 Å². The number of amides is 3. The number of nitrogens with two attached hydrogens (primary N) is 1. The van der Waals surface area contributed by atoms with Gasteiger partial charge in [-0.2, -0.15) is 0 Å². The number of hydrogen-bond donors (Lipinski definition) is 2. The van der Waals surface area contributed by atoms with E-state index < -0.39 is 34.9 Å². The second kappa shape index (κ2) is 9.30. The molecule has 0 aliphatic carbocycles. The topological polar surface area (TPSA) is 92.5 Å². The summed E-state index contributed by atoms with van der Waals surface area (Å²) < 4.78 is 27.5. The van der Waals surface area contributed by atoms with Gasteiger partial charge in [-0.3, -0.25) is 14.4 Å². The Bertz CT molecular complexity index is 985. The van der Waals surface area contributed by atoms with Crippen LogP contribution in [0.4, 0.5) is 14.5 Å². The predicted molar refractivity (Wildman–Crippen MR) is 108 cm³/mol. The van der Waals surface area contributed by atoms with Crippen molar-refractivity contribution in [1.82, 2.24) is 4.90 Å². The van der Waals surface area contributed by atoms with Crippen LogP contribution in [0.2, 0.25) is 0 Å². The van der Waals surface area contributed by atoms with E-state index in [4.69, 9.17) is 5.73 Å². The molecule has 0 spiro atoms. The molecule has 3 amide bonds. The molecular formula is C22H21F2N3O3. The quantitative estimate of drug-likeness (QED) is 0.738. The van der Waals surface area contributed by atoms with Gasteiger partial charge in [0.25, 0.3) is 5.91 Å². The van der Waals surface area contributed by atoms with Crippen LogP contribution in [-0.4, -0.2) is 35.7 Å². The van der Waals surface area contributed by atoms with E-state index in [9.17, 15) is 23.2 Å². The van der Waals surface area contributed by atoms with Gasteiger partial charge < -0.3 is 16.0 Å². The number of hydrogen-bond acceptors (Lipinski definition) is 3. The molecule has 6 nitrogen and oxygen atoms in total. The van der Waals surface area contributed by atoms with E-state index in [1.807, 2.05) is 30.3 Å². The number of anilines is 1. The van der Waals surface area contributed by atoms with Crippen LogP contribution in [0.1, 0.15) is 28.8 Å². The normalized spacial score (nSPS) is 14.7. The van der Waals surface area contributed by atoms with Crippen molar-refractivity contribution >= 4 is 29.5 Å². The Morgan fingerprint density at radius 1 is 1.03 bits per heavy atom. The summed E-state index contributed by atoms with van der Waals surface area (Å²) in [5.41, 5.74) is 5.16. The maximum atomic E-state index is 13.9. The van der Waals surface area contributed by atoms with Crippen LogP contribution < -0.4 is 11.1 Å². The Kier molecular flexibility index (Phi) is 6.56. The molecule has 0 aromatic heterocycles. The number of nitrogens with zero attached hydrogens (tertiary/aromatic N) is 1. The zero-order valence-electron chi connectivity index (χ0n) is 16.1. The number of rotatable bonds is 5. The molecule has 30 heavy (non-hydrogen) atoms. The highest BCUT2D eigenvalue weighted by atomic mass is 19.1. The first-order valence-corrected chi connectivity index (χ1v) is 9.47. The molecule has 3 N–H and O–H groups in total. The Hall–Kier alpha value is -3.55. The fraction of sp³-hybridized carbons (Fsp3) is 0.227. The number of carbonyl (C=O) groups excluding carboxylic acids is 3. The minimum Gasteiger partial charge on any atom is -0.366 e. The second-order valence-corrected chi connectivity index (χ2v) is 7.01. The number of halogens is 2. The van der Waals surface area contributed by atoms with Crippen molar-refractivity contribution in [2.75, 3.05) is 18.4 Å². The van der Waals surface area contributed by atoms with E-state index in [1.165, 1.54) is 6.08 Å². The first-order valence-electron chi connectivity index (χ1n) is 9.47. The van der Waals surface area contributed by atoms with Crippen LogP contribution in [0.3, 0.4) is 0 Å². The van der Waals surface area contributed by atoms with Gasteiger partial charge in [0.05, 0.1) is 11.3 Å². The molecule has 0 saturated carbocycles. The van der Waals surface area contributed by atoms with Crippen molar-refractivity contribution < 1.29 is 23.2 Å². The molecule has 2 aromatic rings. The highest BCUT2D eigenvalue weighted by molar-refractivity contribution is 5.97. The maximum Gasteiger partial charge on any atom is 0.251 e. The van der Waals surface area contributed by atoms with Crippen LogP contribution >= 0.6 is 0 Å². The highest BCUT2D eigenvalue weighted by Gasteiger charge is 2.27. The van der Waals surface area contributed by atoms with Crippen molar-refractivity contribution in [2.45, 2.75) is 12.8 Å². The van der Waals surface area contributed by atoms with Crippen molar-refractivity contribution in [3.05, 3.63) is 71.3 Å². The van der Waals surface area contributed by atoms with Gasteiger partial charge in [0, 0.05) is 31.1 Å². The number of likely N-dealkylation sites (tertiary alicyclic amines) is 1. The molecule has 1 saturated heterocycles. The van der Waals surface area contributed by atoms with Gasteiger partial charge in [0.1, 0.15) is 11.6 Å². The predicted octanol–water partition coefficient (Wildman–Crippen LogP) is 2.95. The van der Waals surface area contributed by atoms with Gasteiger partial charge >= 0.3 is 0 Å². The van der Waals surface area contributed by atoms with E-state index in [0.717, 1.165) is 11.6 Å². The van der Waals surface area contributed by atoms with Crippen molar-refractivity contribution in [3.63, 3.8) is 0 Å². The summed E-state index contributed by atoms with van der Waals surface area (Å²) in [7, 11) is 0. The minimum atomic E-state index is -1.09. The van der Waals surface area contributed by atoms with Gasteiger partial charge in [-0.15, -0.1) is 0 Å². The number of piperidine rings is 1. The van der Waals surface area contributed by atoms with E-state index in [1.54, 1.807) is 11.0 Å². The standard InChI is InChI=1S/C22H21F2N3O3/c23-17-13-18(24)19(12-16(17)21(25)29)26-22(30)15-8-10-27(11-9-15)20(28)7-6-14-4-2-1-3-5-14/h1-7,12-13,15H,8-11H2,(H2,25,29)(H,26,30)/b7-6+. The highest BCUT2D eigenvalue weighted by Crippen LogP contribution is 2.23. The number of carbonyl (C=O) groups is 3. The molecule has 0 atom stereocenters. The summed E-state index contributed by atoms with van der Waals surface area (Å²) in [5, 5.41) is 2.39. The van der Waals surface area contributed by atoms with Gasteiger partial charge in [-0.05, 0) is 30.5 Å². The third-order valence-corrected chi connectivity index (χ3v) is 4.98. The van der Waals surface area contributed by atoms with Crippen LogP contribution in [0.25, 0.3) is 6.08 Å². The zero-order chi connectivity index (χ0) is 21.7. The fourth-order valence-corrected chi connectivity index (χ4v) is 3.27. The Balaban J connectivity index is 1.57. The number of primary amides is 1. The van der Waals surface area contributed by atoms with Gasteiger partial charge in [0.2, 0.25) is 11.8 Å². The minimum absolute atomic E-state index is 0.145. The molecule has 1 fully saturated rings. The average Bonchev–Trinajstić information content (AvgIpc) is 2.74. The first-order chi connectivity index (χ1) is 14.3. The molecule has 156 valence electrons. The molecule has 0 bridgehead atoms. The molecule has 2 aromatic carbocycles. The van der Waals surface area contributed by atoms with Crippen LogP contribution in [0, 0.1) is 17.6 Å². The van der Waals surface area contributed by atoms with Gasteiger partial charge in [-0.1, -0.05) is 30.3 Å².